The van der Waals surface area contributed by atoms with Gasteiger partial charge in [-0.1, -0.05) is 24.3 Å². The number of aliphatic hydroxyl groups is 1. The van der Waals surface area contributed by atoms with E-state index in [4.69, 9.17) is 5.11 Å². The van der Waals surface area contributed by atoms with Crippen LogP contribution >= 0.6 is 0 Å². The molecule has 1 aromatic carbocycles. The van der Waals surface area contributed by atoms with Crippen molar-refractivity contribution in [3.8, 4) is 0 Å². The maximum absolute atomic E-state index is 11.3. The summed E-state index contributed by atoms with van der Waals surface area (Å²) in [7, 11) is 0. The van der Waals surface area contributed by atoms with Gasteiger partial charge in [-0.2, -0.15) is 0 Å². The van der Waals surface area contributed by atoms with Gasteiger partial charge in [0.1, 0.15) is 0 Å². The average molecular weight is 206 g/mol. The first-order chi connectivity index (χ1) is 7.18. The zero-order valence-electron chi connectivity index (χ0n) is 8.44. The molecule has 1 aliphatic rings. The second kappa shape index (κ2) is 3.66. The molecule has 0 spiro atoms. The highest BCUT2D eigenvalue weighted by molar-refractivity contribution is 5.77. The Morgan fingerprint density at radius 1 is 1.27 bits per heavy atom. The van der Waals surface area contributed by atoms with E-state index in [1.807, 2.05) is 24.3 Å². The molecule has 3 nitrogen and oxygen atoms in total. The van der Waals surface area contributed by atoms with Crippen molar-refractivity contribution >= 4 is 5.97 Å². The van der Waals surface area contributed by atoms with E-state index in [0.29, 0.717) is 19.3 Å². The monoisotopic (exact) mass is 206 g/mol. The first-order valence-corrected chi connectivity index (χ1v) is 5.09. The van der Waals surface area contributed by atoms with Gasteiger partial charge in [-0.25, -0.2) is 0 Å². The normalized spacial score (nSPS) is 17.4. The van der Waals surface area contributed by atoms with Crippen LogP contribution in [0.4, 0.5) is 0 Å². The molecule has 0 aromatic heterocycles. The van der Waals surface area contributed by atoms with Gasteiger partial charge in [0.05, 0.1) is 5.41 Å². The molecule has 0 radical (unpaired) electrons. The van der Waals surface area contributed by atoms with Crippen molar-refractivity contribution in [3.63, 3.8) is 0 Å². The van der Waals surface area contributed by atoms with Crippen LogP contribution in [-0.2, 0) is 17.6 Å². The van der Waals surface area contributed by atoms with Gasteiger partial charge in [-0.3, -0.25) is 4.79 Å². The first-order valence-electron chi connectivity index (χ1n) is 5.09. The molecule has 0 aliphatic heterocycles. The van der Waals surface area contributed by atoms with Crippen LogP contribution < -0.4 is 0 Å². The number of rotatable bonds is 3. The fourth-order valence-electron chi connectivity index (χ4n) is 2.34. The number of aliphatic carboxylic acids is 1. The van der Waals surface area contributed by atoms with Crippen molar-refractivity contribution in [1.29, 1.82) is 0 Å². The Kier molecular flexibility index (Phi) is 2.49. The van der Waals surface area contributed by atoms with Gasteiger partial charge in [-0.15, -0.1) is 0 Å². The maximum atomic E-state index is 11.3. The van der Waals surface area contributed by atoms with Gasteiger partial charge in [-0.05, 0) is 30.4 Å². The summed E-state index contributed by atoms with van der Waals surface area (Å²) in [5, 5.41) is 18.2. The molecule has 0 fully saturated rings. The summed E-state index contributed by atoms with van der Waals surface area (Å²) < 4.78 is 0. The maximum Gasteiger partial charge on any atom is 0.310 e. The van der Waals surface area contributed by atoms with Crippen LogP contribution in [0.25, 0.3) is 0 Å². The number of hydrogen-bond acceptors (Lipinski definition) is 2. The summed E-state index contributed by atoms with van der Waals surface area (Å²) in [6.07, 6.45) is 1.41. The van der Waals surface area contributed by atoms with E-state index >= 15 is 0 Å². The lowest BCUT2D eigenvalue weighted by Gasteiger charge is -2.22. The van der Waals surface area contributed by atoms with Gasteiger partial charge in [0.2, 0.25) is 0 Å². The fraction of sp³-hybridized carbons (Fsp3) is 0.417. The molecule has 0 atom stereocenters. The van der Waals surface area contributed by atoms with Crippen molar-refractivity contribution in [3.05, 3.63) is 35.4 Å². The molecular weight excluding hydrogens is 192 g/mol. The van der Waals surface area contributed by atoms with Gasteiger partial charge in [0.15, 0.2) is 0 Å². The van der Waals surface area contributed by atoms with E-state index in [2.05, 4.69) is 0 Å². The molecule has 80 valence electrons. The second-order valence-electron chi connectivity index (χ2n) is 4.18. The highest BCUT2D eigenvalue weighted by Crippen LogP contribution is 2.39. The largest absolute Gasteiger partial charge is 0.481 e. The molecule has 2 N–H and O–H groups in total. The van der Waals surface area contributed by atoms with Crippen LogP contribution in [0.3, 0.4) is 0 Å². The summed E-state index contributed by atoms with van der Waals surface area (Å²) in [4.78, 5) is 11.3. The van der Waals surface area contributed by atoms with Crippen LogP contribution in [0.2, 0.25) is 0 Å². The van der Waals surface area contributed by atoms with Crippen molar-refractivity contribution in [2.75, 3.05) is 6.61 Å². The number of fused-ring (bicyclic) bond motifs is 1. The van der Waals surface area contributed by atoms with Crippen LogP contribution in [0.15, 0.2) is 24.3 Å². The Balaban J connectivity index is 2.32. The van der Waals surface area contributed by atoms with E-state index in [0.717, 1.165) is 11.1 Å². The van der Waals surface area contributed by atoms with E-state index in [1.165, 1.54) is 0 Å². The Labute approximate surface area is 88.4 Å². The Morgan fingerprint density at radius 2 is 1.80 bits per heavy atom. The molecule has 0 unspecified atom stereocenters. The minimum absolute atomic E-state index is 0.0692. The van der Waals surface area contributed by atoms with Crippen LogP contribution in [-0.4, -0.2) is 22.8 Å². The third-order valence-electron chi connectivity index (χ3n) is 3.22. The topological polar surface area (TPSA) is 57.5 Å². The number of benzene rings is 1. The fourth-order valence-corrected chi connectivity index (χ4v) is 2.34. The van der Waals surface area contributed by atoms with E-state index < -0.39 is 11.4 Å². The molecular formula is C12H14O3. The standard InChI is InChI=1S/C12H14O3/c13-6-5-12(11(14)15)7-9-3-1-2-4-10(9)8-12/h1-4,13H,5-8H2,(H,14,15). The molecule has 1 aliphatic carbocycles. The predicted molar refractivity (Wildman–Crippen MR) is 55.6 cm³/mol. The zero-order valence-corrected chi connectivity index (χ0v) is 8.44. The lowest BCUT2D eigenvalue weighted by molar-refractivity contribution is -0.149. The molecule has 3 heteroatoms. The summed E-state index contributed by atoms with van der Waals surface area (Å²) >= 11 is 0. The van der Waals surface area contributed by atoms with Crippen LogP contribution in [0, 0.1) is 5.41 Å². The Morgan fingerprint density at radius 3 is 2.20 bits per heavy atom. The summed E-state index contributed by atoms with van der Waals surface area (Å²) in [5.74, 6) is -0.798. The van der Waals surface area contributed by atoms with Gasteiger partial charge < -0.3 is 10.2 Å². The van der Waals surface area contributed by atoms with E-state index in [-0.39, 0.29) is 6.61 Å². The third kappa shape index (κ3) is 1.63. The number of carboxylic acid groups (broad SMARTS) is 1. The summed E-state index contributed by atoms with van der Waals surface area (Å²) in [6, 6.07) is 7.79. The predicted octanol–water partition coefficient (Wildman–Crippen LogP) is 1.24. The molecule has 0 heterocycles. The molecule has 1 aromatic rings. The average Bonchev–Trinajstić information content (AvgIpc) is 2.57. The molecule has 0 saturated heterocycles. The molecule has 0 saturated carbocycles. The first kappa shape index (κ1) is 10.2. The highest BCUT2D eigenvalue weighted by atomic mass is 16.4. The lowest BCUT2D eigenvalue weighted by atomic mass is 9.82. The number of carbonyl (C=O) groups is 1. The minimum atomic E-state index is -0.798. The minimum Gasteiger partial charge on any atom is -0.481 e. The van der Waals surface area contributed by atoms with E-state index in [9.17, 15) is 9.90 Å². The van der Waals surface area contributed by atoms with Crippen molar-refractivity contribution in [2.24, 2.45) is 5.41 Å². The molecule has 15 heavy (non-hydrogen) atoms. The second-order valence-corrected chi connectivity index (χ2v) is 4.18. The Bertz CT molecular complexity index is 359. The van der Waals surface area contributed by atoms with Crippen LogP contribution in [0.1, 0.15) is 17.5 Å². The van der Waals surface area contributed by atoms with Gasteiger partial charge in [0.25, 0.3) is 0 Å². The number of aliphatic hydroxyl groups excluding tert-OH is 1. The van der Waals surface area contributed by atoms with Crippen molar-refractivity contribution in [2.45, 2.75) is 19.3 Å². The Hall–Kier alpha value is -1.35. The van der Waals surface area contributed by atoms with E-state index in [1.54, 1.807) is 0 Å². The molecule has 2 rings (SSSR count). The third-order valence-corrected chi connectivity index (χ3v) is 3.22. The summed E-state index contributed by atoms with van der Waals surface area (Å²) in [5.41, 5.74) is 1.43. The smallest absolute Gasteiger partial charge is 0.310 e. The van der Waals surface area contributed by atoms with Crippen LogP contribution in [0.5, 0.6) is 0 Å². The lowest BCUT2D eigenvalue weighted by Crippen LogP contribution is -2.32. The van der Waals surface area contributed by atoms with Crippen molar-refractivity contribution in [1.82, 2.24) is 0 Å². The van der Waals surface area contributed by atoms with Gasteiger partial charge >= 0.3 is 5.97 Å². The SMILES string of the molecule is O=C(O)C1(CCO)Cc2ccccc2C1. The van der Waals surface area contributed by atoms with Crippen molar-refractivity contribution < 1.29 is 15.0 Å². The number of carboxylic acids is 1. The quantitative estimate of drug-likeness (QED) is 0.782. The zero-order chi connectivity index (χ0) is 10.9. The molecule has 0 amide bonds. The summed E-state index contributed by atoms with van der Waals surface area (Å²) in [6.45, 7) is -0.0692. The highest BCUT2D eigenvalue weighted by Gasteiger charge is 2.43. The molecule has 0 bridgehead atoms. The van der Waals surface area contributed by atoms with Gasteiger partial charge in [0, 0.05) is 6.61 Å². The number of hydrogen-bond donors (Lipinski definition) is 2.